The lowest BCUT2D eigenvalue weighted by Gasteiger charge is -2.38. The minimum atomic E-state index is -0.689. The molecule has 1 aliphatic carbocycles. The Kier molecular flexibility index (Phi) is 8.15. The second-order valence-electron chi connectivity index (χ2n) is 8.14. The summed E-state index contributed by atoms with van der Waals surface area (Å²) in [6.45, 7) is 11.9. The number of carbonyl (C=O) groups is 1. The molecule has 1 aliphatic rings. The van der Waals surface area contributed by atoms with E-state index in [0.717, 1.165) is 67.7 Å². The summed E-state index contributed by atoms with van der Waals surface area (Å²) in [5, 5.41) is 3.14. The van der Waals surface area contributed by atoms with E-state index >= 15 is 0 Å². The predicted molar refractivity (Wildman–Crippen MR) is 112 cm³/mol. The number of hydrogen-bond donors (Lipinski definition) is 1. The van der Waals surface area contributed by atoms with Crippen LogP contribution < -0.4 is 10.1 Å². The van der Waals surface area contributed by atoms with Crippen molar-refractivity contribution in [3.8, 4) is 5.75 Å². The molecule has 0 unspecified atom stereocenters. The molecular weight excluding hydrogens is 338 g/mol. The number of carbonyl (C=O) groups excluding carboxylic acids is 1. The van der Waals surface area contributed by atoms with Crippen LogP contribution in [0.4, 0.5) is 5.69 Å². The van der Waals surface area contributed by atoms with Crippen LogP contribution in [-0.2, 0) is 9.53 Å². The molecule has 1 amide bonds. The molecular formula is C23H37NO3. The molecule has 0 bridgehead atoms. The normalized spacial score (nSPS) is 22.5. The van der Waals surface area contributed by atoms with Gasteiger partial charge < -0.3 is 14.8 Å². The Morgan fingerprint density at radius 3 is 2.48 bits per heavy atom. The van der Waals surface area contributed by atoms with Gasteiger partial charge in [-0.3, -0.25) is 4.79 Å². The van der Waals surface area contributed by atoms with Gasteiger partial charge in [-0.05, 0) is 75.1 Å². The second-order valence-corrected chi connectivity index (χ2v) is 8.14. The summed E-state index contributed by atoms with van der Waals surface area (Å²) < 4.78 is 12.1. The first-order valence-electron chi connectivity index (χ1n) is 10.6. The number of amides is 1. The molecule has 152 valence electrons. The van der Waals surface area contributed by atoms with Crippen molar-refractivity contribution in [3.05, 3.63) is 23.3 Å². The maximum absolute atomic E-state index is 13.2. The summed E-state index contributed by atoms with van der Waals surface area (Å²) >= 11 is 0. The average Bonchev–Trinajstić information content (AvgIpc) is 2.62. The summed E-state index contributed by atoms with van der Waals surface area (Å²) in [6, 6.07) is 4.01. The summed E-state index contributed by atoms with van der Waals surface area (Å²) in [5.41, 5.74) is 2.26. The van der Waals surface area contributed by atoms with Crippen molar-refractivity contribution in [1.82, 2.24) is 0 Å². The monoisotopic (exact) mass is 375 g/mol. The van der Waals surface area contributed by atoms with E-state index in [1.54, 1.807) is 0 Å². The van der Waals surface area contributed by atoms with Crippen molar-refractivity contribution in [2.24, 2.45) is 5.92 Å². The number of aryl methyl sites for hydroxylation is 2. The zero-order chi connectivity index (χ0) is 19.9. The van der Waals surface area contributed by atoms with Gasteiger partial charge in [-0.15, -0.1) is 0 Å². The molecule has 0 spiro atoms. The molecule has 1 aromatic carbocycles. The van der Waals surface area contributed by atoms with Gasteiger partial charge in [0.05, 0.1) is 6.61 Å². The third-order valence-electron chi connectivity index (χ3n) is 5.41. The summed E-state index contributed by atoms with van der Waals surface area (Å²) in [7, 11) is 0. The Hall–Kier alpha value is -1.55. The summed E-state index contributed by atoms with van der Waals surface area (Å²) in [5.74, 6) is 1.45. The van der Waals surface area contributed by atoms with E-state index in [2.05, 4.69) is 26.1 Å². The van der Waals surface area contributed by atoms with Crippen molar-refractivity contribution in [3.63, 3.8) is 0 Å². The Morgan fingerprint density at radius 1 is 1.19 bits per heavy atom. The van der Waals surface area contributed by atoms with E-state index in [9.17, 15) is 4.79 Å². The number of benzene rings is 1. The molecule has 1 N–H and O–H groups in total. The van der Waals surface area contributed by atoms with E-state index in [1.807, 2.05) is 26.0 Å². The Bertz CT molecular complexity index is 605. The van der Waals surface area contributed by atoms with Crippen molar-refractivity contribution in [1.29, 1.82) is 0 Å². The van der Waals surface area contributed by atoms with Gasteiger partial charge >= 0.3 is 0 Å². The van der Waals surface area contributed by atoms with Crippen LogP contribution >= 0.6 is 0 Å². The molecule has 27 heavy (non-hydrogen) atoms. The molecule has 0 heterocycles. The molecule has 1 saturated carbocycles. The van der Waals surface area contributed by atoms with E-state index in [4.69, 9.17) is 9.47 Å². The van der Waals surface area contributed by atoms with E-state index in [-0.39, 0.29) is 5.91 Å². The fourth-order valence-electron chi connectivity index (χ4n) is 4.02. The van der Waals surface area contributed by atoms with Crippen LogP contribution in [0, 0.1) is 19.8 Å². The predicted octanol–water partition coefficient (Wildman–Crippen LogP) is 5.80. The van der Waals surface area contributed by atoms with E-state index < -0.39 is 5.60 Å². The van der Waals surface area contributed by atoms with Gasteiger partial charge in [-0.25, -0.2) is 0 Å². The number of unbranched alkanes of at least 4 members (excludes halogenated alkanes) is 1. The number of rotatable bonds is 9. The van der Waals surface area contributed by atoms with Crippen molar-refractivity contribution in [2.45, 2.75) is 85.2 Å². The van der Waals surface area contributed by atoms with Gasteiger partial charge in [0.15, 0.2) is 0 Å². The van der Waals surface area contributed by atoms with Gasteiger partial charge in [0.25, 0.3) is 5.91 Å². The van der Waals surface area contributed by atoms with Crippen molar-refractivity contribution in [2.75, 3.05) is 18.5 Å². The standard InChI is InChI=1S/C23H37NO3/c1-6-8-13-26-21-18(4)14-20(15-19(21)5)24-22(25)23(27-12-7-2)11-9-10-17(3)16-23/h14-15,17H,6-13,16H2,1-5H3,(H,24,25)/t17-,23-/m1/s1. The van der Waals surface area contributed by atoms with Gasteiger partial charge in [0, 0.05) is 12.3 Å². The number of ether oxygens (including phenoxy) is 2. The van der Waals surface area contributed by atoms with Gasteiger partial charge in [0.2, 0.25) is 0 Å². The minimum Gasteiger partial charge on any atom is -0.493 e. The summed E-state index contributed by atoms with van der Waals surface area (Å²) in [4.78, 5) is 13.2. The third kappa shape index (κ3) is 5.71. The smallest absolute Gasteiger partial charge is 0.256 e. The topological polar surface area (TPSA) is 47.6 Å². The van der Waals surface area contributed by atoms with Crippen molar-refractivity contribution >= 4 is 11.6 Å². The molecule has 1 fully saturated rings. The molecule has 0 saturated heterocycles. The highest BCUT2D eigenvalue weighted by Crippen LogP contribution is 2.37. The molecule has 4 nitrogen and oxygen atoms in total. The minimum absolute atomic E-state index is 0.000881. The van der Waals surface area contributed by atoms with Crippen LogP contribution in [0.3, 0.4) is 0 Å². The molecule has 0 aromatic heterocycles. The number of hydrogen-bond acceptors (Lipinski definition) is 3. The molecule has 4 heteroatoms. The number of anilines is 1. The first-order valence-corrected chi connectivity index (χ1v) is 10.6. The quantitative estimate of drug-likeness (QED) is 0.555. The molecule has 2 rings (SSSR count). The van der Waals surface area contributed by atoms with Crippen LogP contribution in [0.1, 0.15) is 76.8 Å². The average molecular weight is 376 g/mol. The van der Waals surface area contributed by atoms with Crippen LogP contribution in [0.15, 0.2) is 12.1 Å². The van der Waals surface area contributed by atoms with Crippen LogP contribution in [0.2, 0.25) is 0 Å². The zero-order valence-electron chi connectivity index (χ0n) is 17.8. The van der Waals surface area contributed by atoms with Crippen LogP contribution in [0.25, 0.3) is 0 Å². The second kappa shape index (κ2) is 10.1. The molecule has 0 aliphatic heterocycles. The highest BCUT2D eigenvalue weighted by Gasteiger charge is 2.42. The fraction of sp³-hybridized carbons (Fsp3) is 0.696. The SMILES string of the molecule is CCCCOc1c(C)cc(NC(=O)[C@@]2(OCCC)CCC[C@@H](C)C2)cc1C. The first-order chi connectivity index (χ1) is 12.9. The van der Waals surface area contributed by atoms with E-state index in [0.29, 0.717) is 12.5 Å². The lowest BCUT2D eigenvalue weighted by Crippen LogP contribution is -2.48. The summed E-state index contributed by atoms with van der Waals surface area (Å²) in [6.07, 6.45) is 6.91. The van der Waals surface area contributed by atoms with Gasteiger partial charge in [-0.2, -0.15) is 0 Å². The zero-order valence-corrected chi connectivity index (χ0v) is 17.8. The highest BCUT2D eigenvalue weighted by molar-refractivity contribution is 5.97. The largest absolute Gasteiger partial charge is 0.493 e. The lowest BCUT2D eigenvalue weighted by atomic mass is 9.78. The van der Waals surface area contributed by atoms with Crippen LogP contribution in [0.5, 0.6) is 5.75 Å². The number of nitrogens with one attached hydrogen (secondary N) is 1. The van der Waals surface area contributed by atoms with Crippen LogP contribution in [-0.4, -0.2) is 24.7 Å². The molecule has 1 aromatic rings. The van der Waals surface area contributed by atoms with Crippen molar-refractivity contribution < 1.29 is 14.3 Å². The Balaban J connectivity index is 2.14. The highest BCUT2D eigenvalue weighted by atomic mass is 16.5. The third-order valence-corrected chi connectivity index (χ3v) is 5.41. The van der Waals surface area contributed by atoms with Gasteiger partial charge in [-0.1, -0.05) is 33.6 Å². The maximum atomic E-state index is 13.2. The van der Waals surface area contributed by atoms with E-state index in [1.165, 1.54) is 6.42 Å². The Labute approximate surface area is 165 Å². The Morgan fingerprint density at radius 2 is 1.89 bits per heavy atom. The maximum Gasteiger partial charge on any atom is 0.256 e. The first kappa shape index (κ1) is 21.7. The van der Waals surface area contributed by atoms with Gasteiger partial charge in [0.1, 0.15) is 11.4 Å². The fourth-order valence-corrected chi connectivity index (χ4v) is 4.02. The molecule has 0 radical (unpaired) electrons. The lowest BCUT2D eigenvalue weighted by molar-refractivity contribution is -0.148. The molecule has 2 atom stereocenters.